The molecule has 1 N–H and O–H groups in total. The molecule has 0 aliphatic carbocycles. The van der Waals surface area contributed by atoms with Crippen LogP contribution < -0.4 is 0 Å². The van der Waals surface area contributed by atoms with Crippen molar-refractivity contribution >= 4 is 0 Å². The molecule has 5 heteroatoms. The Balaban J connectivity index is 2.67. The molecule has 0 saturated heterocycles. The molecule has 0 aromatic carbocycles. The molecule has 0 aliphatic rings. The van der Waals surface area contributed by atoms with Crippen LogP contribution in [-0.4, -0.2) is 26.0 Å². The average Bonchev–Trinajstić information content (AvgIpc) is 2.34. The van der Waals surface area contributed by atoms with Gasteiger partial charge >= 0.3 is 0 Å². The van der Waals surface area contributed by atoms with Gasteiger partial charge in [-0.2, -0.15) is 5.26 Å². The first-order valence-electron chi connectivity index (χ1n) is 3.20. The van der Waals surface area contributed by atoms with E-state index in [1.165, 1.54) is 11.0 Å². The number of hydrogen-bond acceptors (Lipinski definition) is 4. The van der Waals surface area contributed by atoms with Gasteiger partial charge in [0.2, 0.25) is 0 Å². The van der Waals surface area contributed by atoms with Crippen molar-refractivity contribution in [1.29, 1.82) is 5.26 Å². The molecule has 11 heavy (non-hydrogen) atoms. The monoisotopic (exact) mass is 152 g/mol. The van der Waals surface area contributed by atoms with Crippen LogP contribution in [0.5, 0.6) is 0 Å². The number of rotatable bonds is 2. The number of aromatic nitrogens is 3. The second kappa shape index (κ2) is 3.12. The molecular weight excluding hydrogens is 144 g/mol. The molecule has 5 nitrogen and oxygen atoms in total. The fraction of sp³-hybridized carbons (Fsp3) is 0.500. The summed E-state index contributed by atoms with van der Waals surface area (Å²) >= 11 is 0. The number of aliphatic hydroxyl groups excluding tert-OH is 1. The number of nitriles is 1. The third kappa shape index (κ3) is 2.02. The first-order chi connectivity index (χ1) is 5.22. The highest BCUT2D eigenvalue weighted by molar-refractivity contribution is 5.05. The Morgan fingerprint density at radius 3 is 3.09 bits per heavy atom. The van der Waals surface area contributed by atoms with Crippen molar-refractivity contribution in [2.75, 3.05) is 0 Å². The van der Waals surface area contributed by atoms with Crippen molar-refractivity contribution in [3.05, 3.63) is 12.2 Å². The second-order valence-electron chi connectivity index (χ2n) is 2.25. The number of aliphatic hydroxyl groups is 1. The molecule has 0 radical (unpaired) electrons. The van der Waals surface area contributed by atoms with Crippen molar-refractivity contribution in [2.24, 2.45) is 0 Å². The predicted octanol–water partition coefficient (Wildman–Crippen LogP) is -0.469. The summed E-state index contributed by atoms with van der Waals surface area (Å²) in [6.45, 7) is 2.02. The van der Waals surface area contributed by atoms with Crippen LogP contribution in [0.4, 0.5) is 0 Å². The van der Waals surface area contributed by atoms with Gasteiger partial charge in [0.1, 0.15) is 12.4 Å². The predicted molar refractivity (Wildman–Crippen MR) is 36.4 cm³/mol. The van der Waals surface area contributed by atoms with E-state index in [0.717, 1.165) is 0 Å². The quantitative estimate of drug-likeness (QED) is 0.621. The fourth-order valence-corrected chi connectivity index (χ4v) is 0.705. The van der Waals surface area contributed by atoms with E-state index in [9.17, 15) is 0 Å². The van der Waals surface area contributed by atoms with Crippen LogP contribution in [-0.2, 0) is 6.54 Å². The van der Waals surface area contributed by atoms with E-state index in [-0.39, 0.29) is 5.82 Å². The Bertz CT molecular complexity index is 272. The standard InChI is InChI=1S/C6H8N4O/c1-5(11)3-10-4-8-6(2-7)9-10/h4-5,11H,3H2,1H3. The van der Waals surface area contributed by atoms with E-state index >= 15 is 0 Å². The lowest BCUT2D eigenvalue weighted by Crippen LogP contribution is -2.12. The van der Waals surface area contributed by atoms with E-state index in [1.807, 2.05) is 0 Å². The molecule has 0 aliphatic heterocycles. The number of hydrogen-bond donors (Lipinski definition) is 1. The summed E-state index contributed by atoms with van der Waals surface area (Å²) in [6, 6.07) is 1.80. The molecule has 1 aromatic heterocycles. The molecule has 0 spiro atoms. The van der Waals surface area contributed by atoms with Crippen LogP contribution in [0.25, 0.3) is 0 Å². The lowest BCUT2D eigenvalue weighted by atomic mass is 10.4. The highest BCUT2D eigenvalue weighted by atomic mass is 16.3. The van der Waals surface area contributed by atoms with Gasteiger partial charge in [-0.1, -0.05) is 0 Å². The third-order valence-electron chi connectivity index (χ3n) is 1.09. The number of nitrogens with zero attached hydrogens (tertiary/aromatic N) is 4. The second-order valence-corrected chi connectivity index (χ2v) is 2.25. The molecule has 1 aromatic rings. The normalized spacial score (nSPS) is 12.5. The van der Waals surface area contributed by atoms with Crippen LogP contribution in [0.2, 0.25) is 0 Å². The maximum Gasteiger partial charge on any atom is 0.252 e. The Labute approximate surface area is 63.9 Å². The van der Waals surface area contributed by atoms with Gasteiger partial charge in [0, 0.05) is 0 Å². The van der Waals surface area contributed by atoms with Crippen LogP contribution in [0.3, 0.4) is 0 Å². The van der Waals surface area contributed by atoms with Crippen molar-refractivity contribution in [3.8, 4) is 6.07 Å². The minimum atomic E-state index is -0.469. The van der Waals surface area contributed by atoms with Crippen molar-refractivity contribution in [3.63, 3.8) is 0 Å². The summed E-state index contributed by atoms with van der Waals surface area (Å²) in [5, 5.41) is 21.0. The fourth-order valence-electron chi connectivity index (χ4n) is 0.705. The summed E-state index contributed by atoms with van der Waals surface area (Å²) in [7, 11) is 0. The highest BCUT2D eigenvalue weighted by Gasteiger charge is 2.00. The summed E-state index contributed by atoms with van der Waals surface area (Å²) in [5.41, 5.74) is 0. The minimum Gasteiger partial charge on any atom is -0.391 e. The van der Waals surface area contributed by atoms with E-state index in [2.05, 4.69) is 10.1 Å². The minimum absolute atomic E-state index is 0.130. The molecule has 0 bridgehead atoms. The highest BCUT2D eigenvalue weighted by Crippen LogP contribution is 1.90. The molecule has 0 fully saturated rings. The van der Waals surface area contributed by atoms with Gasteiger partial charge in [0.15, 0.2) is 0 Å². The first-order valence-corrected chi connectivity index (χ1v) is 3.20. The summed E-state index contributed by atoms with van der Waals surface area (Å²) in [4.78, 5) is 3.67. The summed E-state index contributed by atoms with van der Waals surface area (Å²) in [5.74, 6) is 0.130. The topological polar surface area (TPSA) is 74.7 Å². The van der Waals surface area contributed by atoms with Crippen LogP contribution in [0.15, 0.2) is 6.33 Å². The van der Waals surface area contributed by atoms with Crippen LogP contribution in [0.1, 0.15) is 12.7 Å². The Morgan fingerprint density at radius 1 is 1.91 bits per heavy atom. The Hall–Kier alpha value is -1.41. The maximum atomic E-state index is 8.92. The molecule has 0 saturated carbocycles. The molecule has 58 valence electrons. The third-order valence-corrected chi connectivity index (χ3v) is 1.09. The van der Waals surface area contributed by atoms with Gasteiger partial charge in [0.05, 0.1) is 12.6 Å². The van der Waals surface area contributed by atoms with Crippen molar-refractivity contribution < 1.29 is 5.11 Å². The SMILES string of the molecule is CC(O)Cn1cnc(C#N)n1. The van der Waals surface area contributed by atoms with Crippen LogP contribution in [0, 0.1) is 11.3 Å². The Kier molecular flexibility index (Phi) is 2.18. The summed E-state index contributed by atoms with van der Waals surface area (Å²) < 4.78 is 1.43. The zero-order valence-corrected chi connectivity index (χ0v) is 6.10. The Morgan fingerprint density at radius 2 is 2.64 bits per heavy atom. The van der Waals surface area contributed by atoms with E-state index < -0.39 is 6.10 Å². The zero-order chi connectivity index (χ0) is 8.27. The first kappa shape index (κ1) is 7.69. The van der Waals surface area contributed by atoms with Gasteiger partial charge in [0.25, 0.3) is 5.82 Å². The average molecular weight is 152 g/mol. The van der Waals surface area contributed by atoms with Gasteiger partial charge in [-0.05, 0) is 6.92 Å². The van der Waals surface area contributed by atoms with Gasteiger partial charge < -0.3 is 5.11 Å². The maximum absolute atomic E-state index is 8.92. The molecule has 1 rings (SSSR count). The van der Waals surface area contributed by atoms with Gasteiger partial charge in [-0.3, -0.25) is 0 Å². The van der Waals surface area contributed by atoms with Gasteiger partial charge in [-0.15, -0.1) is 5.10 Å². The zero-order valence-electron chi connectivity index (χ0n) is 6.10. The molecule has 1 atom stereocenters. The van der Waals surface area contributed by atoms with E-state index in [4.69, 9.17) is 10.4 Å². The van der Waals surface area contributed by atoms with Gasteiger partial charge in [-0.25, -0.2) is 9.67 Å². The smallest absolute Gasteiger partial charge is 0.252 e. The summed E-state index contributed by atoms with van der Waals surface area (Å²) in [6.07, 6.45) is 0.953. The largest absolute Gasteiger partial charge is 0.391 e. The van der Waals surface area contributed by atoms with E-state index in [1.54, 1.807) is 13.0 Å². The molecular formula is C6H8N4O. The molecule has 1 unspecified atom stereocenters. The van der Waals surface area contributed by atoms with Crippen LogP contribution >= 0.6 is 0 Å². The molecule has 0 amide bonds. The molecule has 1 heterocycles. The lowest BCUT2D eigenvalue weighted by molar-refractivity contribution is 0.168. The van der Waals surface area contributed by atoms with E-state index in [0.29, 0.717) is 6.54 Å². The lowest BCUT2D eigenvalue weighted by Gasteiger charge is -2.00. The van der Waals surface area contributed by atoms with Crippen molar-refractivity contribution in [2.45, 2.75) is 19.6 Å². The van der Waals surface area contributed by atoms with Crippen molar-refractivity contribution in [1.82, 2.24) is 14.8 Å².